The first-order valence-electron chi connectivity index (χ1n) is 10.4. The highest BCUT2D eigenvalue weighted by atomic mass is 19.4. The van der Waals surface area contributed by atoms with Gasteiger partial charge in [-0.05, 0) is 29.5 Å². The lowest BCUT2D eigenvalue weighted by Crippen LogP contribution is -2.60. The molecule has 1 unspecified atom stereocenters. The summed E-state index contributed by atoms with van der Waals surface area (Å²) in [4.78, 5) is 28.9. The number of hydrogen-bond donors (Lipinski definition) is 2. The van der Waals surface area contributed by atoms with Crippen LogP contribution in [0.2, 0.25) is 0 Å². The van der Waals surface area contributed by atoms with Gasteiger partial charge in [0.05, 0.1) is 13.7 Å². The predicted octanol–water partition coefficient (Wildman–Crippen LogP) is 4.71. The van der Waals surface area contributed by atoms with E-state index in [4.69, 9.17) is 4.74 Å². The number of nitrogens with one attached hydrogen (secondary N) is 2. The average molecular weight is 521 g/mol. The first kappa shape index (κ1) is 28.9. The Morgan fingerprint density at radius 1 is 0.917 bits per heavy atom. The van der Waals surface area contributed by atoms with Crippen molar-refractivity contribution in [1.82, 2.24) is 15.8 Å². The van der Waals surface area contributed by atoms with Crippen LogP contribution in [0.25, 0.3) is 0 Å². The maximum atomic E-state index is 13.7. The summed E-state index contributed by atoms with van der Waals surface area (Å²) in [6.07, 6.45) is -10.0. The Bertz CT molecular complexity index is 1100. The molecule has 1 aromatic heterocycles. The molecule has 0 saturated carbocycles. The first-order chi connectivity index (χ1) is 16.4. The van der Waals surface area contributed by atoms with Gasteiger partial charge in [0.1, 0.15) is 11.3 Å². The Labute approximate surface area is 203 Å². The van der Waals surface area contributed by atoms with Crippen molar-refractivity contribution in [1.29, 1.82) is 0 Å². The molecule has 0 bridgehead atoms. The first-order valence-corrected chi connectivity index (χ1v) is 10.4. The molecule has 7 nitrogen and oxygen atoms in total. The fourth-order valence-electron chi connectivity index (χ4n) is 2.97. The number of hydrogen-bond acceptors (Lipinski definition) is 5. The van der Waals surface area contributed by atoms with E-state index in [-0.39, 0.29) is 5.56 Å². The van der Waals surface area contributed by atoms with Gasteiger partial charge in [-0.25, -0.2) is 4.98 Å². The molecular weight excluding hydrogens is 496 g/mol. The highest BCUT2D eigenvalue weighted by molar-refractivity contribution is 5.96. The van der Waals surface area contributed by atoms with Gasteiger partial charge in [0, 0.05) is 0 Å². The molecule has 36 heavy (non-hydrogen) atoms. The van der Waals surface area contributed by atoms with Gasteiger partial charge in [0.2, 0.25) is 11.5 Å². The van der Waals surface area contributed by atoms with Crippen molar-refractivity contribution in [3.8, 4) is 5.88 Å². The number of benzene rings is 1. The fraction of sp³-hybridized carbons (Fsp3) is 0.435. The summed E-state index contributed by atoms with van der Waals surface area (Å²) < 4.78 is 91.1. The quantitative estimate of drug-likeness (QED) is 0.425. The van der Waals surface area contributed by atoms with Gasteiger partial charge >= 0.3 is 12.4 Å². The number of carbonyl (C=O) groups is 2. The molecule has 0 aliphatic carbocycles. The van der Waals surface area contributed by atoms with E-state index in [2.05, 4.69) is 9.72 Å². The summed E-state index contributed by atoms with van der Waals surface area (Å²) in [7, 11) is 0.913. The van der Waals surface area contributed by atoms with E-state index >= 15 is 0 Å². The van der Waals surface area contributed by atoms with E-state index in [0.29, 0.717) is 18.6 Å². The zero-order valence-corrected chi connectivity index (χ0v) is 20.0. The molecule has 0 spiro atoms. The van der Waals surface area contributed by atoms with Crippen LogP contribution < -0.4 is 15.6 Å². The molecule has 13 heteroatoms. The largest absolute Gasteiger partial charge is 0.481 e. The summed E-state index contributed by atoms with van der Waals surface area (Å²) in [5.74, 6) is -3.93. The lowest BCUT2D eigenvalue weighted by atomic mass is 9.84. The number of hydrazine groups is 1. The van der Waals surface area contributed by atoms with E-state index in [1.807, 2.05) is 0 Å². The van der Waals surface area contributed by atoms with Crippen LogP contribution in [0, 0.1) is 0 Å². The van der Waals surface area contributed by atoms with Gasteiger partial charge in [-0.3, -0.25) is 20.4 Å². The third kappa shape index (κ3) is 6.45. The smallest absolute Gasteiger partial charge is 0.426 e. The molecule has 2 aromatic rings. The third-order valence-electron chi connectivity index (χ3n) is 5.14. The van der Waals surface area contributed by atoms with Gasteiger partial charge in [-0.2, -0.15) is 26.3 Å². The Morgan fingerprint density at radius 2 is 1.50 bits per heavy atom. The highest BCUT2D eigenvalue weighted by Gasteiger charge is 2.58. The fourth-order valence-corrected chi connectivity index (χ4v) is 2.97. The molecular formula is C23H25F6N3O4. The SMILES string of the molecule is COc1nc(C(=O)NNC(=O)C(C)(OCc2ccccc2)C(F)(F)F)c(C(C)(C)C)cc1C(F)(F)F. The Hall–Kier alpha value is -3.35. The van der Waals surface area contributed by atoms with Crippen LogP contribution >= 0.6 is 0 Å². The Kier molecular flexibility index (Phi) is 8.29. The normalized spacial score (nSPS) is 14.1. The maximum absolute atomic E-state index is 13.7. The number of carbonyl (C=O) groups excluding carboxylic acids is 2. The molecule has 2 rings (SSSR count). The van der Waals surface area contributed by atoms with Crippen molar-refractivity contribution in [3.63, 3.8) is 0 Å². The Balaban J connectivity index is 2.33. The van der Waals surface area contributed by atoms with Crippen molar-refractivity contribution in [2.75, 3.05) is 7.11 Å². The van der Waals surface area contributed by atoms with Crippen molar-refractivity contribution in [2.45, 2.75) is 57.7 Å². The maximum Gasteiger partial charge on any atom is 0.426 e. The van der Waals surface area contributed by atoms with Crippen LogP contribution in [0.5, 0.6) is 5.88 Å². The molecule has 1 atom stereocenters. The zero-order chi connectivity index (χ0) is 27.5. The van der Waals surface area contributed by atoms with E-state index in [0.717, 1.165) is 7.11 Å². The number of methoxy groups -OCH3 is 1. The number of rotatable bonds is 6. The molecule has 2 N–H and O–H groups in total. The minimum Gasteiger partial charge on any atom is -0.481 e. The van der Waals surface area contributed by atoms with Gasteiger partial charge in [0.25, 0.3) is 11.8 Å². The standard InChI is InChI=1S/C23H25F6N3O4/c1-20(2,3)14-11-15(22(24,25)26)18(35-5)30-16(14)17(33)31-32-19(34)21(4,23(27,28)29)36-12-13-9-7-6-8-10-13/h6-11H,12H2,1-5H3,(H,31,33)(H,32,34). The summed E-state index contributed by atoms with van der Waals surface area (Å²) in [5, 5.41) is 0. The second-order valence-electron chi connectivity index (χ2n) is 8.90. The zero-order valence-electron chi connectivity index (χ0n) is 20.0. The van der Waals surface area contributed by atoms with E-state index in [1.54, 1.807) is 29.1 Å². The molecule has 0 aliphatic rings. The molecule has 2 amide bonds. The van der Waals surface area contributed by atoms with Crippen molar-refractivity contribution < 1.29 is 45.4 Å². The van der Waals surface area contributed by atoms with Crippen LogP contribution in [0.3, 0.4) is 0 Å². The lowest BCUT2D eigenvalue weighted by Gasteiger charge is -2.30. The topological polar surface area (TPSA) is 89.5 Å². The summed E-state index contributed by atoms with van der Waals surface area (Å²) in [5.41, 5.74) is -2.63. The molecule has 1 aromatic carbocycles. The van der Waals surface area contributed by atoms with E-state index in [1.165, 1.54) is 32.9 Å². The van der Waals surface area contributed by atoms with Gasteiger partial charge in [-0.15, -0.1) is 0 Å². The van der Waals surface area contributed by atoms with Crippen LogP contribution in [0.15, 0.2) is 36.4 Å². The molecule has 198 valence electrons. The monoisotopic (exact) mass is 521 g/mol. The summed E-state index contributed by atoms with van der Waals surface area (Å²) in [6.45, 7) is 4.43. The molecule has 0 radical (unpaired) electrons. The van der Waals surface area contributed by atoms with Crippen molar-refractivity contribution in [3.05, 3.63) is 58.8 Å². The van der Waals surface area contributed by atoms with Crippen LogP contribution in [-0.2, 0) is 27.7 Å². The van der Waals surface area contributed by atoms with Crippen LogP contribution in [0.1, 0.15) is 54.9 Å². The van der Waals surface area contributed by atoms with E-state index in [9.17, 15) is 35.9 Å². The lowest BCUT2D eigenvalue weighted by molar-refractivity contribution is -0.264. The molecule has 0 fully saturated rings. The van der Waals surface area contributed by atoms with E-state index < -0.39 is 58.9 Å². The van der Waals surface area contributed by atoms with Crippen molar-refractivity contribution in [2.24, 2.45) is 0 Å². The van der Waals surface area contributed by atoms with Gasteiger partial charge in [-0.1, -0.05) is 51.1 Å². The number of nitrogens with zero attached hydrogens (tertiary/aromatic N) is 1. The Morgan fingerprint density at radius 3 is 1.97 bits per heavy atom. The number of ether oxygens (including phenoxy) is 2. The number of amides is 2. The molecule has 0 aliphatic heterocycles. The number of halogens is 6. The number of pyridine rings is 1. The molecule has 1 heterocycles. The minimum atomic E-state index is -5.18. The average Bonchev–Trinajstić information content (AvgIpc) is 2.78. The number of aromatic nitrogens is 1. The second kappa shape index (κ2) is 10.3. The highest BCUT2D eigenvalue weighted by Crippen LogP contribution is 2.39. The van der Waals surface area contributed by atoms with Gasteiger partial charge in [0.15, 0.2) is 0 Å². The summed E-state index contributed by atoms with van der Waals surface area (Å²) >= 11 is 0. The van der Waals surface area contributed by atoms with Crippen LogP contribution in [0.4, 0.5) is 26.3 Å². The third-order valence-corrected chi connectivity index (χ3v) is 5.14. The van der Waals surface area contributed by atoms with Crippen molar-refractivity contribution >= 4 is 11.8 Å². The minimum absolute atomic E-state index is 0.179. The summed E-state index contributed by atoms with van der Waals surface area (Å²) in [6, 6.07) is 8.45. The second-order valence-corrected chi connectivity index (χ2v) is 8.90. The van der Waals surface area contributed by atoms with Crippen LogP contribution in [-0.4, -0.2) is 35.7 Å². The number of alkyl halides is 6. The predicted molar refractivity (Wildman–Crippen MR) is 116 cm³/mol. The van der Waals surface area contributed by atoms with Gasteiger partial charge < -0.3 is 9.47 Å². The molecule has 0 saturated heterocycles.